The molecule has 1 aromatic carbocycles. The van der Waals surface area contributed by atoms with Crippen molar-refractivity contribution in [3.63, 3.8) is 0 Å². The van der Waals surface area contributed by atoms with Gasteiger partial charge in [0, 0.05) is 25.0 Å². The quantitative estimate of drug-likeness (QED) is 0.846. The Morgan fingerprint density at radius 1 is 1.14 bits per heavy atom. The van der Waals surface area contributed by atoms with Gasteiger partial charge in [0.15, 0.2) is 0 Å². The van der Waals surface area contributed by atoms with Crippen LogP contribution < -0.4 is 5.32 Å². The first-order valence-electron chi connectivity index (χ1n) is 10.7. The van der Waals surface area contributed by atoms with E-state index in [0.717, 1.165) is 25.9 Å². The Morgan fingerprint density at radius 3 is 2.36 bits per heavy atom. The first kappa shape index (κ1) is 20.7. The lowest BCUT2D eigenvalue weighted by Crippen LogP contribution is -2.50. The van der Waals surface area contributed by atoms with Gasteiger partial charge in [0.25, 0.3) is 0 Å². The Hall–Kier alpha value is -2.04. The van der Waals surface area contributed by atoms with Crippen LogP contribution >= 0.6 is 0 Å². The maximum absolute atomic E-state index is 12.7. The highest BCUT2D eigenvalue weighted by Crippen LogP contribution is 2.58. The first-order valence-corrected chi connectivity index (χ1v) is 10.7. The van der Waals surface area contributed by atoms with Gasteiger partial charge in [-0.1, -0.05) is 52.0 Å². The fraction of sp³-hybridized carbons (Fsp3) is 0.652. The number of fused-ring (bicyclic) bond motifs is 1. The molecule has 2 atom stereocenters. The minimum Gasteiger partial charge on any atom is -0.453 e. The summed E-state index contributed by atoms with van der Waals surface area (Å²) in [6.45, 7) is 10.2. The fourth-order valence-corrected chi connectivity index (χ4v) is 4.75. The molecular weight excluding hydrogens is 352 g/mol. The molecule has 0 spiro atoms. The molecule has 5 heteroatoms. The van der Waals surface area contributed by atoms with Gasteiger partial charge in [-0.2, -0.15) is 0 Å². The predicted molar refractivity (Wildman–Crippen MR) is 110 cm³/mol. The molecule has 1 saturated heterocycles. The molecule has 5 nitrogen and oxygen atoms in total. The number of rotatable bonds is 4. The molecule has 154 valence electrons. The molecule has 3 fully saturated rings. The normalized spacial score (nSPS) is 29.9. The number of nitrogens with one attached hydrogen (secondary N) is 1. The Balaban J connectivity index is 0.00000109. The van der Waals surface area contributed by atoms with E-state index >= 15 is 0 Å². The van der Waals surface area contributed by atoms with Gasteiger partial charge in [0.1, 0.15) is 0 Å². The number of alkyl carbamates (subject to hydrolysis) is 1. The van der Waals surface area contributed by atoms with E-state index in [0.29, 0.717) is 23.7 Å². The van der Waals surface area contributed by atoms with Crippen LogP contribution in [0.1, 0.15) is 63.5 Å². The van der Waals surface area contributed by atoms with Crippen molar-refractivity contribution in [1.82, 2.24) is 10.2 Å². The van der Waals surface area contributed by atoms with Crippen molar-refractivity contribution in [3.05, 3.63) is 35.4 Å². The number of benzene rings is 1. The molecule has 0 aromatic heterocycles. The molecule has 28 heavy (non-hydrogen) atoms. The lowest BCUT2D eigenvalue weighted by molar-refractivity contribution is -0.138. The molecule has 2 unspecified atom stereocenters. The number of nitrogens with zero attached hydrogens (tertiary/aromatic N) is 1. The Kier molecular flexibility index (Phi) is 6.31. The molecule has 1 heterocycles. The molecule has 0 bridgehead atoms. The summed E-state index contributed by atoms with van der Waals surface area (Å²) in [5.74, 6) is 2.78. The van der Waals surface area contributed by atoms with Crippen molar-refractivity contribution in [2.24, 2.45) is 17.8 Å². The highest BCUT2D eigenvalue weighted by molar-refractivity contribution is 5.81. The molecule has 1 aliphatic heterocycles. The summed E-state index contributed by atoms with van der Waals surface area (Å²) < 4.78 is 4.60. The second-order valence-electron chi connectivity index (χ2n) is 8.42. The van der Waals surface area contributed by atoms with Crippen molar-refractivity contribution >= 4 is 12.0 Å². The summed E-state index contributed by atoms with van der Waals surface area (Å²) in [4.78, 5) is 25.9. The summed E-state index contributed by atoms with van der Waals surface area (Å²) in [7, 11) is 1.36. The third-order valence-corrected chi connectivity index (χ3v) is 6.46. The number of hydrogen-bond donors (Lipinski definition) is 1. The van der Waals surface area contributed by atoms with Gasteiger partial charge in [-0.05, 0) is 47.6 Å². The van der Waals surface area contributed by atoms with Gasteiger partial charge in [0.05, 0.1) is 7.11 Å². The number of likely N-dealkylation sites (tertiary alicyclic amines) is 1. The second-order valence-corrected chi connectivity index (χ2v) is 8.42. The molecule has 0 radical (unpaired) electrons. The highest BCUT2D eigenvalue weighted by Gasteiger charge is 2.57. The summed E-state index contributed by atoms with van der Waals surface area (Å²) >= 11 is 0. The lowest BCUT2D eigenvalue weighted by Gasteiger charge is -2.37. The third kappa shape index (κ3) is 4.03. The van der Waals surface area contributed by atoms with Crippen molar-refractivity contribution in [2.45, 2.75) is 58.4 Å². The Bertz CT molecular complexity index is 700. The summed E-state index contributed by atoms with van der Waals surface area (Å²) in [5.41, 5.74) is 2.85. The van der Waals surface area contributed by atoms with Crippen molar-refractivity contribution in [3.8, 4) is 0 Å². The molecule has 2 aliphatic carbocycles. The van der Waals surface area contributed by atoms with E-state index < -0.39 is 6.09 Å². The van der Waals surface area contributed by atoms with E-state index in [1.807, 2.05) is 13.8 Å². The van der Waals surface area contributed by atoms with Crippen LogP contribution in [0.4, 0.5) is 4.79 Å². The van der Waals surface area contributed by atoms with Crippen molar-refractivity contribution in [1.29, 1.82) is 0 Å². The van der Waals surface area contributed by atoms with Crippen LogP contribution in [-0.2, 0) is 9.53 Å². The van der Waals surface area contributed by atoms with Crippen LogP contribution in [0.5, 0.6) is 0 Å². The number of methoxy groups -OCH3 is 1. The molecular formula is C23H34N2O3. The first-order chi connectivity index (χ1) is 13.5. The van der Waals surface area contributed by atoms with Gasteiger partial charge in [0.2, 0.25) is 5.91 Å². The number of carbonyl (C=O) groups is 2. The monoisotopic (exact) mass is 386 g/mol. The van der Waals surface area contributed by atoms with Crippen molar-refractivity contribution < 1.29 is 14.3 Å². The van der Waals surface area contributed by atoms with Crippen molar-refractivity contribution in [2.75, 3.05) is 20.2 Å². The minimum absolute atomic E-state index is 0.0670. The van der Waals surface area contributed by atoms with Gasteiger partial charge in [-0.15, -0.1) is 0 Å². The van der Waals surface area contributed by atoms with Gasteiger partial charge < -0.3 is 15.0 Å². The average molecular weight is 387 g/mol. The van der Waals surface area contributed by atoms with E-state index in [9.17, 15) is 9.59 Å². The molecule has 3 aliphatic rings. The predicted octanol–water partition coefficient (Wildman–Crippen LogP) is 4.14. The standard InChI is InChI=1S/C21H28N2O3.C2H6/c1-12(2)13-5-4-6-14(7-13)19-17-10-23(11-18(17)19)20(24)15-8-16(9-15)22-21(25)26-3;1-2/h4-7,12,15-19H,8-11H2,1-3H3,(H,22,25);1-2H3. The van der Waals surface area contributed by atoms with E-state index in [-0.39, 0.29) is 17.9 Å². The maximum Gasteiger partial charge on any atom is 0.407 e. The van der Waals surface area contributed by atoms with E-state index in [1.165, 1.54) is 18.2 Å². The molecule has 4 rings (SSSR count). The van der Waals surface area contributed by atoms with Crippen LogP contribution in [0.15, 0.2) is 24.3 Å². The maximum atomic E-state index is 12.7. The number of carbonyl (C=O) groups excluding carboxylic acids is 2. The van der Waals surface area contributed by atoms with Gasteiger partial charge >= 0.3 is 6.09 Å². The molecule has 2 amide bonds. The van der Waals surface area contributed by atoms with E-state index in [4.69, 9.17) is 0 Å². The second kappa shape index (κ2) is 8.54. The largest absolute Gasteiger partial charge is 0.453 e. The van der Waals surface area contributed by atoms with Gasteiger partial charge in [-0.25, -0.2) is 4.79 Å². The molecule has 1 aromatic rings. The third-order valence-electron chi connectivity index (χ3n) is 6.46. The topological polar surface area (TPSA) is 58.6 Å². The number of ether oxygens (including phenoxy) is 1. The number of hydrogen-bond acceptors (Lipinski definition) is 3. The zero-order valence-electron chi connectivity index (χ0n) is 17.8. The van der Waals surface area contributed by atoms with E-state index in [1.54, 1.807) is 0 Å². The Labute approximate surface area is 168 Å². The smallest absolute Gasteiger partial charge is 0.407 e. The Morgan fingerprint density at radius 2 is 1.79 bits per heavy atom. The fourth-order valence-electron chi connectivity index (χ4n) is 4.75. The van der Waals surface area contributed by atoms with Crippen LogP contribution in [0.3, 0.4) is 0 Å². The molecule has 1 N–H and O–H groups in total. The average Bonchev–Trinajstić information content (AvgIpc) is 3.18. The summed E-state index contributed by atoms with van der Waals surface area (Å²) in [6.07, 6.45) is 1.06. The SMILES string of the molecule is CC.COC(=O)NC1CC(C(=O)N2CC3C(C2)C3c2cccc(C(C)C)c2)C1. The van der Waals surface area contributed by atoms with Crippen LogP contribution in [-0.4, -0.2) is 43.1 Å². The number of piperidine rings is 1. The highest BCUT2D eigenvalue weighted by atomic mass is 16.5. The van der Waals surface area contributed by atoms with Crippen LogP contribution in [0, 0.1) is 17.8 Å². The lowest BCUT2D eigenvalue weighted by atomic mass is 9.79. The zero-order chi connectivity index (χ0) is 20.4. The van der Waals surface area contributed by atoms with Gasteiger partial charge in [-0.3, -0.25) is 4.79 Å². The van der Waals surface area contributed by atoms with Crippen LogP contribution in [0.2, 0.25) is 0 Å². The molecule has 2 saturated carbocycles. The zero-order valence-corrected chi connectivity index (χ0v) is 17.8. The minimum atomic E-state index is -0.408. The number of amides is 2. The summed E-state index contributed by atoms with van der Waals surface area (Å²) in [6, 6.07) is 9.06. The van der Waals surface area contributed by atoms with E-state index in [2.05, 4.69) is 53.1 Å². The van der Waals surface area contributed by atoms with Crippen LogP contribution in [0.25, 0.3) is 0 Å². The summed E-state index contributed by atoms with van der Waals surface area (Å²) in [5, 5.41) is 2.77.